The van der Waals surface area contributed by atoms with Crippen molar-refractivity contribution in [1.82, 2.24) is 15.2 Å². The molecule has 4 rings (SSSR count). The molecule has 3 atom stereocenters. The number of nitrogens with one attached hydrogen (secondary N) is 1. The van der Waals surface area contributed by atoms with Gasteiger partial charge in [-0.05, 0) is 50.1 Å². The van der Waals surface area contributed by atoms with Crippen molar-refractivity contribution in [2.45, 2.75) is 81.0 Å². The number of rotatable bonds is 7. The van der Waals surface area contributed by atoms with Crippen LogP contribution < -0.4 is 10.2 Å². The van der Waals surface area contributed by atoms with E-state index in [1.807, 2.05) is 0 Å². The normalized spacial score (nSPS) is 25.4. The number of alkyl halides is 2. The summed E-state index contributed by atoms with van der Waals surface area (Å²) in [6.45, 7) is 3.85. The minimum absolute atomic E-state index is 0.0250. The molecule has 1 aliphatic carbocycles. The van der Waals surface area contributed by atoms with Gasteiger partial charge in [0.2, 0.25) is 11.8 Å². The molecule has 2 fully saturated rings. The molecular weight excluding hydrogens is 638 g/mol. The molecule has 3 unspecified atom stereocenters. The molecule has 8 nitrogen and oxygen atoms in total. The number of pyridine rings is 1. The molecule has 1 aromatic carbocycles. The summed E-state index contributed by atoms with van der Waals surface area (Å²) in [7, 11) is -10.2. The van der Waals surface area contributed by atoms with Crippen LogP contribution in [0.4, 0.5) is 38.3 Å². The topological polar surface area (TPSA) is 110 Å². The van der Waals surface area contributed by atoms with E-state index in [4.69, 9.17) is 0 Å². The van der Waals surface area contributed by atoms with Crippen molar-refractivity contribution in [3.05, 3.63) is 54.1 Å². The summed E-state index contributed by atoms with van der Waals surface area (Å²) < 4.78 is 110. The first-order valence-corrected chi connectivity index (χ1v) is 15.7. The molecule has 0 spiro atoms. The van der Waals surface area contributed by atoms with E-state index < -0.39 is 86.3 Å². The lowest BCUT2D eigenvalue weighted by Gasteiger charge is -2.42. The highest BCUT2D eigenvalue weighted by molar-refractivity contribution is 8.45. The second kappa shape index (κ2) is 10.4. The Morgan fingerprint density at radius 3 is 2.18 bits per heavy atom. The fraction of sp³-hybridized carbons (Fsp3) is 0.500. The van der Waals surface area contributed by atoms with Gasteiger partial charge in [0.15, 0.2) is 6.19 Å². The predicted molar refractivity (Wildman–Crippen MR) is 148 cm³/mol. The minimum Gasteiger partial charge on any atom is -0.388 e. The van der Waals surface area contributed by atoms with E-state index in [0.717, 1.165) is 23.4 Å². The standard InChI is InChI=1S/C28H31F8N5O3S/c1-26(2)23(40(16-37)15-27(26,3)44)25(43)41(20-4-6-21(7-5-20)45(32,33,34,35)36)22(17-12-18(29)14-38-13-17)24(42)39-19-8-10-28(30,31)11-9-19/h4-7,12-14,19,22-23,44H,8-11,15H2,1-3H3,(H,39,42). The van der Waals surface area contributed by atoms with E-state index in [2.05, 4.69) is 10.3 Å². The van der Waals surface area contributed by atoms with Gasteiger partial charge < -0.3 is 10.4 Å². The van der Waals surface area contributed by atoms with Gasteiger partial charge in [0, 0.05) is 41.7 Å². The zero-order chi connectivity index (χ0) is 33.9. The van der Waals surface area contributed by atoms with Crippen LogP contribution in [0.2, 0.25) is 0 Å². The summed E-state index contributed by atoms with van der Waals surface area (Å²) in [6, 6.07) is -2.41. The van der Waals surface area contributed by atoms with Crippen LogP contribution in [0.25, 0.3) is 0 Å². The fourth-order valence-corrected chi connectivity index (χ4v) is 6.36. The van der Waals surface area contributed by atoms with Crippen LogP contribution in [0.1, 0.15) is 58.1 Å². The first kappa shape index (κ1) is 34.2. The van der Waals surface area contributed by atoms with Crippen LogP contribution in [0.5, 0.6) is 0 Å². The second-order valence-corrected chi connectivity index (χ2v) is 14.7. The highest BCUT2D eigenvalue weighted by Crippen LogP contribution is 3.02. The van der Waals surface area contributed by atoms with E-state index in [1.165, 1.54) is 20.8 Å². The number of nitrogens with zero attached hydrogens (tertiary/aromatic N) is 4. The number of amides is 2. The number of halogens is 8. The molecule has 45 heavy (non-hydrogen) atoms. The molecular formula is C28H31F8N5O3S. The average molecular weight is 670 g/mol. The number of carbonyl (C=O) groups is 2. The zero-order valence-electron chi connectivity index (χ0n) is 24.3. The van der Waals surface area contributed by atoms with Crippen molar-refractivity contribution in [3.8, 4) is 6.19 Å². The number of anilines is 1. The smallest absolute Gasteiger partial charge is 0.310 e. The number of β-amino-alcohol motifs (C(OH)–C–C–N with tert-alkyl or cyclic N) is 1. The Morgan fingerprint density at radius 2 is 1.67 bits per heavy atom. The minimum atomic E-state index is -10.2. The molecule has 2 N–H and O–H groups in total. The van der Waals surface area contributed by atoms with Gasteiger partial charge >= 0.3 is 10.2 Å². The molecule has 0 bridgehead atoms. The van der Waals surface area contributed by atoms with Crippen molar-refractivity contribution in [3.63, 3.8) is 0 Å². The summed E-state index contributed by atoms with van der Waals surface area (Å²) in [5.41, 5.74) is -3.96. The predicted octanol–water partition coefficient (Wildman–Crippen LogP) is 6.59. The third-order valence-electron chi connectivity index (χ3n) is 8.63. The number of hydrogen-bond acceptors (Lipinski definition) is 6. The quantitative estimate of drug-likeness (QED) is 0.255. The van der Waals surface area contributed by atoms with E-state index >= 15 is 0 Å². The Balaban J connectivity index is 1.90. The number of likely N-dealkylation sites (tertiary alicyclic amines) is 1. The summed E-state index contributed by atoms with van der Waals surface area (Å²) in [6.07, 6.45) is 2.08. The van der Waals surface area contributed by atoms with E-state index in [0.29, 0.717) is 17.0 Å². The Bertz CT molecular complexity index is 1520. The van der Waals surface area contributed by atoms with E-state index in [9.17, 15) is 52.6 Å². The summed E-state index contributed by atoms with van der Waals surface area (Å²) >= 11 is 0. The molecule has 2 aliphatic rings. The second-order valence-electron chi connectivity index (χ2n) is 12.3. The SMILES string of the molecule is CC1(O)CN(C#N)C(C(=O)N(c2ccc(S(F)(F)(F)(F)F)cc2)C(C(=O)NC2CCC(F)(F)CC2)c2cncc(F)c2)C1(C)C. The Morgan fingerprint density at radius 1 is 1.09 bits per heavy atom. The van der Waals surface area contributed by atoms with E-state index in [-0.39, 0.29) is 37.1 Å². The molecule has 2 heterocycles. The number of benzene rings is 1. The molecule has 1 saturated carbocycles. The number of hydrogen-bond donors (Lipinski definition) is 2. The summed E-state index contributed by atoms with van der Waals surface area (Å²) in [4.78, 5) is 31.3. The Kier molecular flexibility index (Phi) is 7.94. The molecule has 2 aromatic rings. The first-order chi connectivity index (χ1) is 20.4. The van der Waals surface area contributed by atoms with E-state index in [1.54, 1.807) is 6.19 Å². The van der Waals surface area contributed by atoms with Gasteiger partial charge in [0.05, 0.1) is 18.3 Å². The summed E-state index contributed by atoms with van der Waals surface area (Å²) in [5.74, 6) is -6.13. The van der Waals surface area contributed by atoms with Crippen molar-refractivity contribution < 1.29 is 47.3 Å². The van der Waals surface area contributed by atoms with Gasteiger partial charge in [0.25, 0.3) is 5.91 Å². The van der Waals surface area contributed by atoms with Gasteiger partial charge in [-0.2, -0.15) is 5.26 Å². The lowest BCUT2D eigenvalue weighted by Crippen LogP contribution is -2.56. The number of aliphatic hydroxyl groups is 1. The van der Waals surface area contributed by atoms with Gasteiger partial charge in [0.1, 0.15) is 22.8 Å². The van der Waals surface area contributed by atoms with Crippen LogP contribution >= 0.6 is 10.2 Å². The van der Waals surface area contributed by atoms with Crippen molar-refractivity contribution >= 4 is 27.7 Å². The molecule has 1 aliphatic heterocycles. The lowest BCUT2D eigenvalue weighted by atomic mass is 9.73. The molecule has 1 saturated heterocycles. The summed E-state index contributed by atoms with van der Waals surface area (Å²) in [5, 5.41) is 23.4. The maximum absolute atomic E-state index is 14.5. The average Bonchev–Trinajstić information content (AvgIpc) is 3.09. The van der Waals surface area contributed by atoms with Crippen LogP contribution in [0.15, 0.2) is 47.6 Å². The molecule has 17 heteroatoms. The maximum Gasteiger partial charge on any atom is 0.310 e. The molecule has 1 aromatic heterocycles. The van der Waals surface area contributed by atoms with Crippen molar-refractivity contribution in [1.29, 1.82) is 5.26 Å². The van der Waals surface area contributed by atoms with Gasteiger partial charge in [-0.25, -0.2) is 13.2 Å². The lowest BCUT2D eigenvalue weighted by molar-refractivity contribution is -0.131. The zero-order valence-corrected chi connectivity index (χ0v) is 25.1. The van der Waals surface area contributed by atoms with Crippen molar-refractivity contribution in [2.75, 3.05) is 11.4 Å². The number of nitriles is 1. The maximum atomic E-state index is 14.5. The number of aromatic nitrogens is 1. The van der Waals surface area contributed by atoms with Crippen LogP contribution in [0.3, 0.4) is 0 Å². The highest BCUT2D eigenvalue weighted by Gasteiger charge is 2.65. The number of carbonyl (C=O) groups excluding carboxylic acids is 2. The van der Waals surface area contributed by atoms with Gasteiger partial charge in [-0.1, -0.05) is 33.3 Å². The van der Waals surface area contributed by atoms with Crippen LogP contribution in [-0.4, -0.2) is 57.0 Å². The Labute approximate surface area is 253 Å². The molecule has 2 amide bonds. The largest absolute Gasteiger partial charge is 0.388 e. The van der Waals surface area contributed by atoms with Crippen LogP contribution in [-0.2, 0) is 9.59 Å². The van der Waals surface area contributed by atoms with Gasteiger partial charge in [-0.3, -0.25) is 24.4 Å². The molecule has 248 valence electrons. The molecule has 0 radical (unpaired) electrons. The fourth-order valence-electron chi connectivity index (χ4n) is 5.71. The third kappa shape index (κ3) is 6.96. The third-order valence-corrected chi connectivity index (χ3v) is 9.80. The van der Waals surface area contributed by atoms with Crippen LogP contribution in [0, 0.1) is 22.7 Å². The Hall–Kier alpha value is -3.65. The highest BCUT2D eigenvalue weighted by atomic mass is 32.5. The van der Waals surface area contributed by atoms with Crippen molar-refractivity contribution in [2.24, 2.45) is 5.41 Å². The first-order valence-electron chi connectivity index (χ1n) is 13.7. The van der Waals surface area contributed by atoms with Gasteiger partial charge in [-0.15, -0.1) is 0 Å². The monoisotopic (exact) mass is 669 g/mol.